The van der Waals surface area contributed by atoms with Crippen LogP contribution in [0.1, 0.15) is 93.4 Å². The molecule has 0 aromatic heterocycles. The molecule has 1 saturated heterocycles. The number of rotatable bonds is 4. The third kappa shape index (κ3) is 3.92. The molecule has 0 aromatic rings. The van der Waals surface area contributed by atoms with Crippen molar-refractivity contribution in [3.05, 3.63) is 34.9 Å². The van der Waals surface area contributed by atoms with Crippen molar-refractivity contribution in [2.75, 3.05) is 6.61 Å². The average molecular weight is 525 g/mol. The number of allylic oxidation sites excluding steroid dienone is 3. The molecular weight excluding hydrogens is 480 g/mol. The molecular formula is C32H44O6. The Kier molecular flexibility index (Phi) is 6.51. The highest BCUT2D eigenvalue weighted by atomic mass is 16.6. The molecule has 0 aromatic carbocycles. The predicted molar refractivity (Wildman–Crippen MR) is 144 cm³/mol. The van der Waals surface area contributed by atoms with E-state index in [9.17, 15) is 14.4 Å². The van der Waals surface area contributed by atoms with Crippen molar-refractivity contribution in [2.45, 2.75) is 105 Å². The molecule has 3 aliphatic carbocycles. The Bertz CT molecular complexity index is 1130. The topological polar surface area (TPSA) is 78.9 Å². The van der Waals surface area contributed by atoms with Crippen molar-refractivity contribution >= 4 is 17.9 Å². The van der Waals surface area contributed by atoms with Gasteiger partial charge in [-0.25, -0.2) is 4.79 Å². The Morgan fingerprint density at radius 3 is 2.47 bits per heavy atom. The monoisotopic (exact) mass is 524 g/mol. The fraction of sp³-hybridized carbons (Fsp3) is 0.719. The highest BCUT2D eigenvalue weighted by Gasteiger charge is 2.64. The van der Waals surface area contributed by atoms with E-state index in [0.29, 0.717) is 30.9 Å². The first-order valence-electron chi connectivity index (χ1n) is 14.4. The van der Waals surface area contributed by atoms with E-state index in [1.54, 1.807) is 0 Å². The Hall–Kier alpha value is -2.37. The molecule has 5 aliphatic rings. The summed E-state index contributed by atoms with van der Waals surface area (Å²) in [6.07, 6.45) is 12.5. The molecule has 0 bridgehead atoms. The van der Waals surface area contributed by atoms with Crippen LogP contribution in [0.15, 0.2) is 34.9 Å². The van der Waals surface area contributed by atoms with Crippen molar-refractivity contribution in [2.24, 2.45) is 34.0 Å². The van der Waals surface area contributed by atoms with Gasteiger partial charge in [0.15, 0.2) is 0 Å². The smallest absolute Gasteiger partial charge is 0.333 e. The van der Waals surface area contributed by atoms with Crippen LogP contribution in [0.4, 0.5) is 0 Å². The number of carbonyl (C=O) groups is 3. The SMILES string of the molecule is CC(=O)OC(C)(C)[C@@H]1CC=C2C(=CC[C@]3(C)[C@@H]([C@H](C)[C@@H]4CC=C(C)C(=O)O4)CC[C@@]23C)[C@@]12CCC(=O)OC2. The minimum Gasteiger partial charge on any atom is -0.465 e. The first kappa shape index (κ1) is 27.2. The summed E-state index contributed by atoms with van der Waals surface area (Å²) in [5, 5.41) is 0. The normalized spacial score (nSPS) is 39.7. The lowest BCUT2D eigenvalue weighted by atomic mass is 9.46. The Morgan fingerprint density at radius 2 is 1.84 bits per heavy atom. The summed E-state index contributed by atoms with van der Waals surface area (Å²) in [6.45, 7) is 14.8. The quantitative estimate of drug-likeness (QED) is 0.320. The highest BCUT2D eigenvalue weighted by molar-refractivity contribution is 5.88. The lowest BCUT2D eigenvalue weighted by Gasteiger charge is -2.59. The molecule has 7 atom stereocenters. The van der Waals surface area contributed by atoms with Crippen molar-refractivity contribution in [3.63, 3.8) is 0 Å². The van der Waals surface area contributed by atoms with Gasteiger partial charge in [-0.05, 0) is 86.7 Å². The second-order valence-corrected chi connectivity index (χ2v) is 13.6. The zero-order valence-corrected chi connectivity index (χ0v) is 24.1. The minimum atomic E-state index is -0.691. The van der Waals surface area contributed by atoms with Crippen LogP contribution in [0.25, 0.3) is 0 Å². The van der Waals surface area contributed by atoms with Gasteiger partial charge in [-0.3, -0.25) is 9.59 Å². The van der Waals surface area contributed by atoms with Gasteiger partial charge in [-0.2, -0.15) is 0 Å². The summed E-state index contributed by atoms with van der Waals surface area (Å²) in [6, 6.07) is 0. The van der Waals surface area contributed by atoms with Crippen LogP contribution >= 0.6 is 0 Å². The Morgan fingerprint density at radius 1 is 1.11 bits per heavy atom. The summed E-state index contributed by atoms with van der Waals surface area (Å²) in [4.78, 5) is 36.6. The molecule has 0 radical (unpaired) electrons. The van der Waals surface area contributed by atoms with Gasteiger partial charge in [-0.1, -0.05) is 39.0 Å². The molecule has 2 fully saturated rings. The molecule has 0 N–H and O–H groups in total. The lowest BCUT2D eigenvalue weighted by Crippen LogP contribution is -2.56. The van der Waals surface area contributed by atoms with E-state index in [0.717, 1.165) is 32.1 Å². The minimum absolute atomic E-state index is 0.0164. The largest absolute Gasteiger partial charge is 0.465 e. The fourth-order valence-corrected chi connectivity index (χ4v) is 9.09. The number of carbonyl (C=O) groups excluding carboxylic acids is 3. The first-order chi connectivity index (χ1) is 17.7. The van der Waals surface area contributed by atoms with Gasteiger partial charge in [0.1, 0.15) is 18.3 Å². The van der Waals surface area contributed by atoms with Crippen LogP contribution in [0.5, 0.6) is 0 Å². The summed E-state index contributed by atoms with van der Waals surface area (Å²) >= 11 is 0. The molecule has 38 heavy (non-hydrogen) atoms. The van der Waals surface area contributed by atoms with Crippen LogP contribution in [-0.2, 0) is 28.6 Å². The van der Waals surface area contributed by atoms with Gasteiger partial charge in [0.25, 0.3) is 0 Å². The molecule has 1 spiro atoms. The van der Waals surface area contributed by atoms with E-state index in [2.05, 4.69) is 32.9 Å². The fourth-order valence-electron chi connectivity index (χ4n) is 9.09. The number of hydrogen-bond acceptors (Lipinski definition) is 6. The van der Waals surface area contributed by atoms with Crippen LogP contribution in [0.2, 0.25) is 0 Å². The first-order valence-corrected chi connectivity index (χ1v) is 14.4. The zero-order valence-electron chi connectivity index (χ0n) is 24.1. The molecule has 208 valence electrons. The molecule has 6 heteroatoms. The summed E-state index contributed by atoms with van der Waals surface area (Å²) in [5.74, 6) is 0.0775. The Balaban J connectivity index is 1.52. The summed E-state index contributed by atoms with van der Waals surface area (Å²) in [7, 11) is 0. The summed E-state index contributed by atoms with van der Waals surface area (Å²) in [5.41, 5.74) is 2.33. The maximum atomic E-state index is 12.3. The lowest BCUT2D eigenvalue weighted by molar-refractivity contribution is -0.176. The summed E-state index contributed by atoms with van der Waals surface area (Å²) < 4.78 is 17.6. The number of cyclic esters (lactones) is 2. The van der Waals surface area contributed by atoms with Crippen molar-refractivity contribution < 1.29 is 28.6 Å². The molecule has 5 rings (SSSR count). The second kappa shape index (κ2) is 9.09. The molecule has 0 amide bonds. The maximum Gasteiger partial charge on any atom is 0.333 e. The van der Waals surface area contributed by atoms with Gasteiger partial charge in [-0.15, -0.1) is 0 Å². The van der Waals surface area contributed by atoms with Gasteiger partial charge in [0, 0.05) is 36.7 Å². The maximum absolute atomic E-state index is 12.3. The third-order valence-corrected chi connectivity index (χ3v) is 11.4. The number of hydrogen-bond donors (Lipinski definition) is 0. The van der Waals surface area contributed by atoms with Crippen molar-refractivity contribution in [1.29, 1.82) is 0 Å². The number of fused-ring (bicyclic) bond motifs is 4. The van der Waals surface area contributed by atoms with Crippen LogP contribution in [-0.4, -0.2) is 36.2 Å². The van der Waals surface area contributed by atoms with Crippen LogP contribution in [0.3, 0.4) is 0 Å². The standard InChI is InChI=1S/C32H44O6/c1-19-8-10-25(37-28(19)35)20(2)22-12-15-31(7)23-9-11-26(29(4,5)38-21(3)33)32(17-14-27(34)36-18-32)24(23)13-16-30(22,31)6/h8-9,13,20,22,25-26H,10-12,14-18H2,1-7H3/t20-,22+,25-,26-,30+,31-,32-/m0/s1. The zero-order chi connectivity index (χ0) is 27.7. The average Bonchev–Trinajstić information content (AvgIpc) is 3.13. The molecule has 1 saturated carbocycles. The van der Waals surface area contributed by atoms with Gasteiger partial charge < -0.3 is 14.2 Å². The van der Waals surface area contributed by atoms with E-state index in [1.165, 1.54) is 18.1 Å². The van der Waals surface area contributed by atoms with E-state index in [1.807, 2.05) is 26.8 Å². The molecule has 2 aliphatic heterocycles. The predicted octanol–water partition coefficient (Wildman–Crippen LogP) is 6.25. The van der Waals surface area contributed by atoms with E-state index in [-0.39, 0.29) is 52.1 Å². The van der Waals surface area contributed by atoms with Crippen molar-refractivity contribution in [1.82, 2.24) is 0 Å². The van der Waals surface area contributed by atoms with Crippen molar-refractivity contribution in [3.8, 4) is 0 Å². The molecule has 6 nitrogen and oxygen atoms in total. The van der Waals surface area contributed by atoms with Crippen LogP contribution in [0, 0.1) is 34.0 Å². The van der Waals surface area contributed by atoms with E-state index in [4.69, 9.17) is 14.2 Å². The second-order valence-electron chi connectivity index (χ2n) is 13.6. The molecule has 0 unspecified atom stereocenters. The number of ether oxygens (including phenoxy) is 3. The Labute approximate surface area is 227 Å². The highest BCUT2D eigenvalue weighted by Crippen LogP contribution is 2.71. The molecule has 2 heterocycles. The van der Waals surface area contributed by atoms with Gasteiger partial charge in [0.2, 0.25) is 0 Å². The third-order valence-electron chi connectivity index (χ3n) is 11.4. The van der Waals surface area contributed by atoms with Gasteiger partial charge >= 0.3 is 17.9 Å². The van der Waals surface area contributed by atoms with E-state index < -0.39 is 5.60 Å². The van der Waals surface area contributed by atoms with Crippen LogP contribution < -0.4 is 0 Å². The number of esters is 3. The van der Waals surface area contributed by atoms with Gasteiger partial charge in [0.05, 0.1) is 0 Å². The van der Waals surface area contributed by atoms with E-state index >= 15 is 0 Å².